The van der Waals surface area contributed by atoms with Crippen molar-refractivity contribution in [1.29, 1.82) is 0 Å². The van der Waals surface area contributed by atoms with Crippen LogP contribution in [-0.4, -0.2) is 80.8 Å². The summed E-state index contributed by atoms with van der Waals surface area (Å²) in [5, 5.41) is 15.1. The number of aromatic nitrogens is 1. The third-order valence-corrected chi connectivity index (χ3v) is 6.33. The van der Waals surface area contributed by atoms with E-state index < -0.39 is 28.8 Å². The molecule has 0 bridgehead atoms. The molecule has 146 valence electrons. The van der Waals surface area contributed by atoms with Gasteiger partial charge in [-0.05, 0) is 6.92 Å². The number of esters is 1. The minimum Gasteiger partial charge on any atom is -0.480 e. The monoisotopic (exact) mass is 412 g/mol. The van der Waals surface area contributed by atoms with Crippen molar-refractivity contribution in [2.45, 2.75) is 13.0 Å². The van der Waals surface area contributed by atoms with Gasteiger partial charge in [0.25, 0.3) is 0 Å². The lowest BCUT2D eigenvalue weighted by atomic mass is 10.1. The first-order valence-corrected chi connectivity index (χ1v) is 10.8. The molecule has 2 aliphatic rings. The molecule has 1 aromatic rings. The molecule has 0 amide bonds. The lowest BCUT2D eigenvalue weighted by molar-refractivity contribution is -0.142. The molecule has 9 nitrogen and oxygen atoms in total. The fourth-order valence-electron chi connectivity index (χ4n) is 2.87. The molecule has 0 aromatic carbocycles. The SMILES string of the molecule is CCOC(=O)C1=C(CN2CCS(=O)CC2C(=O)O)NC(c2nccs2)=NC1. The van der Waals surface area contributed by atoms with Crippen LogP contribution in [0.3, 0.4) is 0 Å². The van der Waals surface area contributed by atoms with E-state index in [9.17, 15) is 18.9 Å². The summed E-state index contributed by atoms with van der Waals surface area (Å²) in [4.78, 5) is 34.2. The molecule has 2 aliphatic heterocycles. The van der Waals surface area contributed by atoms with Crippen LogP contribution in [0.1, 0.15) is 11.9 Å². The fraction of sp³-hybridized carbons (Fsp3) is 0.500. The second-order valence-electron chi connectivity index (χ2n) is 5.94. The number of rotatable bonds is 6. The molecule has 1 fully saturated rings. The fourth-order valence-corrected chi connectivity index (χ4v) is 4.78. The van der Waals surface area contributed by atoms with Crippen molar-refractivity contribution in [1.82, 2.24) is 15.2 Å². The maximum Gasteiger partial charge on any atom is 0.337 e. The average molecular weight is 412 g/mol. The first kappa shape index (κ1) is 19.6. The van der Waals surface area contributed by atoms with Crippen molar-refractivity contribution in [3.63, 3.8) is 0 Å². The number of nitrogens with one attached hydrogen (secondary N) is 1. The highest BCUT2D eigenvalue weighted by atomic mass is 32.2. The van der Waals surface area contributed by atoms with Gasteiger partial charge in [0.1, 0.15) is 6.04 Å². The molecule has 0 saturated carbocycles. The van der Waals surface area contributed by atoms with E-state index in [0.717, 1.165) is 0 Å². The van der Waals surface area contributed by atoms with E-state index >= 15 is 0 Å². The lowest BCUT2D eigenvalue weighted by Crippen LogP contribution is -2.53. The maximum atomic E-state index is 12.3. The van der Waals surface area contributed by atoms with Gasteiger partial charge in [0.2, 0.25) is 0 Å². The van der Waals surface area contributed by atoms with Gasteiger partial charge < -0.3 is 15.2 Å². The van der Waals surface area contributed by atoms with Crippen molar-refractivity contribution >= 4 is 39.9 Å². The molecule has 11 heteroatoms. The number of nitrogens with zero attached hydrogens (tertiary/aromatic N) is 3. The van der Waals surface area contributed by atoms with Crippen LogP contribution < -0.4 is 5.32 Å². The summed E-state index contributed by atoms with van der Waals surface area (Å²) < 4.78 is 16.9. The van der Waals surface area contributed by atoms with Gasteiger partial charge in [-0.3, -0.25) is 18.9 Å². The van der Waals surface area contributed by atoms with Crippen LogP contribution in [0.15, 0.2) is 27.8 Å². The van der Waals surface area contributed by atoms with Gasteiger partial charge in [0, 0.05) is 52.7 Å². The molecule has 27 heavy (non-hydrogen) atoms. The number of thiazole rings is 1. The smallest absolute Gasteiger partial charge is 0.337 e. The van der Waals surface area contributed by atoms with Gasteiger partial charge in [-0.25, -0.2) is 9.78 Å². The van der Waals surface area contributed by atoms with E-state index in [1.165, 1.54) is 11.3 Å². The molecular formula is C16H20N4O5S2. The second kappa shape index (κ2) is 8.72. The highest BCUT2D eigenvalue weighted by Crippen LogP contribution is 2.18. The Morgan fingerprint density at radius 1 is 1.52 bits per heavy atom. The van der Waals surface area contributed by atoms with Crippen molar-refractivity contribution in [2.75, 3.05) is 37.7 Å². The Balaban J connectivity index is 1.85. The second-order valence-corrected chi connectivity index (χ2v) is 8.46. The lowest BCUT2D eigenvalue weighted by Gasteiger charge is -2.34. The van der Waals surface area contributed by atoms with Gasteiger partial charge in [-0.1, -0.05) is 0 Å². The van der Waals surface area contributed by atoms with E-state index in [-0.39, 0.29) is 25.4 Å². The summed E-state index contributed by atoms with van der Waals surface area (Å²) in [5.74, 6) is -0.481. The van der Waals surface area contributed by atoms with Crippen molar-refractivity contribution in [3.8, 4) is 0 Å². The van der Waals surface area contributed by atoms with Crippen LogP contribution in [0.2, 0.25) is 0 Å². The van der Waals surface area contributed by atoms with E-state index in [1.54, 1.807) is 18.0 Å². The van der Waals surface area contributed by atoms with Gasteiger partial charge in [-0.2, -0.15) is 0 Å². The third-order valence-electron chi connectivity index (χ3n) is 4.22. The molecule has 3 heterocycles. The molecule has 3 rings (SSSR count). The number of carboxylic acids is 1. The van der Waals surface area contributed by atoms with Crippen LogP contribution in [0.4, 0.5) is 0 Å². The zero-order valence-electron chi connectivity index (χ0n) is 14.7. The Labute approximate surface area is 162 Å². The van der Waals surface area contributed by atoms with E-state index in [0.29, 0.717) is 34.4 Å². The largest absolute Gasteiger partial charge is 0.480 e. The summed E-state index contributed by atoms with van der Waals surface area (Å²) in [5.41, 5.74) is 0.917. The molecule has 1 aromatic heterocycles. The maximum absolute atomic E-state index is 12.3. The number of amidine groups is 1. The number of carboxylic acid groups (broad SMARTS) is 1. The summed E-state index contributed by atoms with van der Waals surface area (Å²) in [6, 6.07) is -0.862. The first-order valence-electron chi connectivity index (χ1n) is 8.42. The number of hydrogen-bond acceptors (Lipinski definition) is 9. The molecule has 2 N–H and O–H groups in total. The summed E-state index contributed by atoms with van der Waals surface area (Å²) >= 11 is 1.41. The van der Waals surface area contributed by atoms with Gasteiger partial charge in [0.15, 0.2) is 10.8 Å². The molecule has 2 unspecified atom stereocenters. The predicted octanol–water partition coefficient (Wildman–Crippen LogP) is -0.172. The number of hydrogen-bond donors (Lipinski definition) is 2. The number of aliphatic carboxylic acids is 1. The van der Waals surface area contributed by atoms with Crippen LogP contribution in [0.5, 0.6) is 0 Å². The normalized spacial score (nSPS) is 23.5. The summed E-state index contributed by atoms with van der Waals surface area (Å²) in [6.45, 7) is 2.66. The Bertz CT molecular complexity index is 806. The first-order chi connectivity index (χ1) is 13.0. The minimum atomic E-state index is -1.15. The number of carbonyl (C=O) groups excluding carboxylic acids is 1. The van der Waals surface area contributed by atoms with Crippen LogP contribution in [0, 0.1) is 0 Å². The molecule has 2 atom stereocenters. The van der Waals surface area contributed by atoms with Gasteiger partial charge in [-0.15, -0.1) is 11.3 Å². The Morgan fingerprint density at radius 3 is 3.00 bits per heavy atom. The number of ether oxygens (including phenoxy) is 1. The van der Waals surface area contributed by atoms with Crippen LogP contribution in [-0.2, 0) is 25.1 Å². The Morgan fingerprint density at radius 2 is 2.33 bits per heavy atom. The standard InChI is InChI=1S/C16H20N4O5S2/c1-2-25-16(23)10-7-18-13(14-17-3-5-26-14)19-11(10)8-20-4-6-27(24)9-12(20)15(21)22/h3,5,12H,2,4,6-9H2,1H3,(H,18,19)(H,21,22). The van der Waals surface area contributed by atoms with Crippen molar-refractivity contribution in [3.05, 3.63) is 27.9 Å². The minimum absolute atomic E-state index is 0.0742. The van der Waals surface area contributed by atoms with Crippen molar-refractivity contribution in [2.24, 2.45) is 4.99 Å². The Kier molecular flexibility index (Phi) is 6.34. The molecule has 0 radical (unpaired) electrons. The molecule has 0 spiro atoms. The highest BCUT2D eigenvalue weighted by Gasteiger charge is 2.34. The Hall–Kier alpha value is -2.11. The van der Waals surface area contributed by atoms with Crippen molar-refractivity contribution < 1.29 is 23.6 Å². The van der Waals surface area contributed by atoms with Gasteiger partial charge in [0.05, 0.1) is 18.7 Å². The number of carbonyl (C=O) groups is 2. The van der Waals surface area contributed by atoms with Crippen LogP contribution in [0.25, 0.3) is 0 Å². The van der Waals surface area contributed by atoms with E-state index in [2.05, 4.69) is 15.3 Å². The topological polar surface area (TPSA) is 121 Å². The zero-order chi connectivity index (χ0) is 19.4. The van der Waals surface area contributed by atoms with Crippen LogP contribution >= 0.6 is 11.3 Å². The third kappa shape index (κ3) is 4.60. The van der Waals surface area contributed by atoms with E-state index in [1.807, 2.05) is 5.38 Å². The summed E-state index contributed by atoms with van der Waals surface area (Å²) in [7, 11) is -1.15. The zero-order valence-corrected chi connectivity index (χ0v) is 16.3. The highest BCUT2D eigenvalue weighted by molar-refractivity contribution is 7.85. The number of aliphatic imine (C=N–C) groups is 1. The molecule has 0 aliphatic carbocycles. The average Bonchev–Trinajstić information content (AvgIpc) is 3.18. The van der Waals surface area contributed by atoms with E-state index in [4.69, 9.17) is 4.74 Å². The predicted molar refractivity (Wildman–Crippen MR) is 101 cm³/mol. The summed E-state index contributed by atoms with van der Waals surface area (Å²) in [6.07, 6.45) is 1.66. The molecular weight excluding hydrogens is 392 g/mol. The quantitative estimate of drug-likeness (QED) is 0.618. The molecule has 1 saturated heterocycles. The van der Waals surface area contributed by atoms with Gasteiger partial charge >= 0.3 is 11.9 Å².